The minimum Gasteiger partial charge on any atom is -0.457 e. The van der Waals surface area contributed by atoms with E-state index in [9.17, 15) is 0 Å². The number of rotatable bonds is 6. The smallest absolute Gasteiger partial charge is 0.137 e. The number of nitrogens with zero attached hydrogens (tertiary/aromatic N) is 3. The molecule has 0 saturated carbocycles. The highest BCUT2D eigenvalue weighted by atomic mass is 16.5. The van der Waals surface area contributed by atoms with E-state index in [4.69, 9.17) is 10.5 Å². The second-order valence-electron chi connectivity index (χ2n) is 6.11. The van der Waals surface area contributed by atoms with E-state index in [1.54, 1.807) is 18.7 Å². The molecule has 27 heavy (non-hydrogen) atoms. The van der Waals surface area contributed by atoms with Crippen molar-refractivity contribution < 1.29 is 4.74 Å². The number of ether oxygens (including phenoxy) is 1. The van der Waals surface area contributed by atoms with E-state index in [0.29, 0.717) is 5.69 Å². The van der Waals surface area contributed by atoms with Crippen molar-refractivity contribution in [1.29, 1.82) is 0 Å². The molecule has 6 heteroatoms. The largest absolute Gasteiger partial charge is 0.457 e. The lowest BCUT2D eigenvalue weighted by Crippen LogP contribution is -2.07. The third kappa shape index (κ3) is 4.12. The molecule has 134 valence electrons. The highest BCUT2D eigenvalue weighted by molar-refractivity contribution is 5.91. The van der Waals surface area contributed by atoms with Crippen LogP contribution in [-0.4, -0.2) is 21.5 Å². The summed E-state index contributed by atoms with van der Waals surface area (Å²) in [5.74, 6) is 2.36. The lowest BCUT2D eigenvalue weighted by molar-refractivity contribution is 0.481. The zero-order valence-electron chi connectivity index (χ0n) is 14.7. The van der Waals surface area contributed by atoms with Crippen molar-refractivity contribution in [1.82, 2.24) is 15.0 Å². The van der Waals surface area contributed by atoms with Gasteiger partial charge in [0.25, 0.3) is 0 Å². The van der Waals surface area contributed by atoms with Crippen molar-refractivity contribution >= 4 is 22.4 Å². The molecule has 2 heterocycles. The summed E-state index contributed by atoms with van der Waals surface area (Å²) in [6, 6.07) is 17.4. The van der Waals surface area contributed by atoms with Crippen LogP contribution in [0.5, 0.6) is 11.5 Å². The third-order valence-corrected chi connectivity index (χ3v) is 4.15. The van der Waals surface area contributed by atoms with Gasteiger partial charge < -0.3 is 15.8 Å². The molecule has 0 amide bonds. The van der Waals surface area contributed by atoms with Gasteiger partial charge in [-0.2, -0.15) is 0 Å². The Morgan fingerprint density at radius 1 is 0.926 bits per heavy atom. The Morgan fingerprint density at radius 3 is 2.70 bits per heavy atom. The maximum Gasteiger partial charge on any atom is 0.137 e. The molecule has 0 radical (unpaired) electrons. The predicted molar refractivity (Wildman–Crippen MR) is 107 cm³/mol. The molecule has 0 saturated heterocycles. The van der Waals surface area contributed by atoms with Crippen molar-refractivity contribution in [3.8, 4) is 11.5 Å². The molecule has 0 unspecified atom stereocenters. The Kier molecular flexibility index (Phi) is 4.78. The van der Waals surface area contributed by atoms with Gasteiger partial charge in [-0.05, 0) is 54.4 Å². The van der Waals surface area contributed by atoms with Gasteiger partial charge in [0.1, 0.15) is 23.6 Å². The van der Waals surface area contributed by atoms with Crippen LogP contribution >= 0.6 is 0 Å². The Bertz CT molecular complexity index is 1050. The van der Waals surface area contributed by atoms with E-state index in [1.165, 1.54) is 5.56 Å². The van der Waals surface area contributed by atoms with Crippen molar-refractivity contribution in [2.75, 3.05) is 17.6 Å². The van der Waals surface area contributed by atoms with Crippen molar-refractivity contribution in [3.05, 3.63) is 78.9 Å². The molecule has 0 aliphatic rings. The number of hydrogen-bond acceptors (Lipinski definition) is 6. The average Bonchev–Trinajstić information content (AvgIpc) is 2.69. The summed E-state index contributed by atoms with van der Waals surface area (Å²) in [6.07, 6.45) is 5.81. The van der Waals surface area contributed by atoms with Gasteiger partial charge in [0.2, 0.25) is 0 Å². The van der Waals surface area contributed by atoms with Crippen LogP contribution in [0, 0.1) is 0 Å². The molecule has 3 N–H and O–H groups in total. The molecule has 6 nitrogen and oxygen atoms in total. The number of pyridine rings is 1. The number of aromatic nitrogens is 3. The summed E-state index contributed by atoms with van der Waals surface area (Å²) in [7, 11) is 0. The van der Waals surface area contributed by atoms with Crippen LogP contribution < -0.4 is 15.8 Å². The van der Waals surface area contributed by atoms with E-state index in [-0.39, 0.29) is 0 Å². The standard InChI is InChI=1S/C21H19N5O/c22-16-4-5-20-19(13-16)21(26-14-25-20)24-11-6-15-2-1-3-18(12-15)27-17-7-9-23-10-8-17/h1-5,7-10,12-14H,6,11,22H2,(H,24,25,26). The molecule has 4 rings (SSSR count). The second kappa shape index (κ2) is 7.70. The molecular weight excluding hydrogens is 338 g/mol. The number of anilines is 2. The van der Waals surface area contributed by atoms with Crippen molar-refractivity contribution in [3.63, 3.8) is 0 Å². The van der Waals surface area contributed by atoms with Crippen LogP contribution in [0.3, 0.4) is 0 Å². The van der Waals surface area contributed by atoms with Gasteiger partial charge in [-0.25, -0.2) is 9.97 Å². The maximum absolute atomic E-state index is 5.89. The predicted octanol–water partition coefficient (Wildman–Crippen LogP) is 4.05. The molecule has 0 aliphatic carbocycles. The van der Waals surface area contributed by atoms with Gasteiger partial charge in [-0.3, -0.25) is 4.98 Å². The van der Waals surface area contributed by atoms with Crippen LogP contribution in [-0.2, 0) is 6.42 Å². The topological polar surface area (TPSA) is 86.0 Å². The van der Waals surface area contributed by atoms with Crippen LogP contribution in [0.4, 0.5) is 11.5 Å². The highest BCUT2D eigenvalue weighted by Crippen LogP contribution is 2.23. The molecule has 4 aromatic rings. The zero-order valence-corrected chi connectivity index (χ0v) is 14.7. The normalized spacial score (nSPS) is 10.7. The van der Waals surface area contributed by atoms with Gasteiger partial charge in [0.15, 0.2) is 0 Å². The molecule has 0 atom stereocenters. The average molecular weight is 357 g/mol. The number of nitrogen functional groups attached to an aromatic ring is 1. The SMILES string of the molecule is Nc1ccc2ncnc(NCCc3cccc(Oc4ccncc4)c3)c2c1. The number of nitrogens with one attached hydrogen (secondary N) is 1. The molecule has 0 spiro atoms. The van der Waals surface area contributed by atoms with Crippen LogP contribution in [0.25, 0.3) is 10.9 Å². The number of benzene rings is 2. The van der Waals surface area contributed by atoms with E-state index >= 15 is 0 Å². The first-order chi connectivity index (χ1) is 13.3. The molecule has 2 aromatic heterocycles. The summed E-state index contributed by atoms with van der Waals surface area (Å²) in [5, 5.41) is 4.30. The first kappa shape index (κ1) is 16.8. The fourth-order valence-corrected chi connectivity index (χ4v) is 2.85. The second-order valence-corrected chi connectivity index (χ2v) is 6.11. The van der Waals surface area contributed by atoms with Crippen LogP contribution in [0.1, 0.15) is 5.56 Å². The Balaban J connectivity index is 1.42. The first-order valence-corrected chi connectivity index (χ1v) is 8.69. The number of nitrogens with two attached hydrogens (primary N) is 1. The summed E-state index contributed by atoms with van der Waals surface area (Å²) in [6.45, 7) is 0.736. The molecule has 0 aliphatic heterocycles. The number of fused-ring (bicyclic) bond motifs is 1. The summed E-state index contributed by atoms with van der Waals surface area (Å²) < 4.78 is 5.86. The van der Waals surface area contributed by atoms with Crippen LogP contribution in [0.2, 0.25) is 0 Å². The third-order valence-electron chi connectivity index (χ3n) is 4.15. The molecule has 2 aromatic carbocycles. The van der Waals surface area contributed by atoms with E-state index in [2.05, 4.69) is 26.3 Å². The highest BCUT2D eigenvalue weighted by Gasteiger charge is 2.04. The van der Waals surface area contributed by atoms with Gasteiger partial charge >= 0.3 is 0 Å². The minimum atomic E-state index is 0.696. The van der Waals surface area contributed by atoms with Gasteiger partial charge in [-0.15, -0.1) is 0 Å². The molecular formula is C21H19N5O. The summed E-state index contributed by atoms with van der Waals surface area (Å²) in [5.41, 5.74) is 8.63. The Morgan fingerprint density at radius 2 is 1.81 bits per heavy atom. The number of hydrogen-bond donors (Lipinski definition) is 2. The quantitative estimate of drug-likeness (QED) is 0.506. The summed E-state index contributed by atoms with van der Waals surface area (Å²) >= 11 is 0. The fourth-order valence-electron chi connectivity index (χ4n) is 2.85. The molecule has 0 fully saturated rings. The Hall–Kier alpha value is -3.67. The lowest BCUT2D eigenvalue weighted by Gasteiger charge is -2.10. The van der Waals surface area contributed by atoms with Gasteiger partial charge in [0, 0.05) is 30.0 Å². The van der Waals surface area contributed by atoms with Crippen molar-refractivity contribution in [2.24, 2.45) is 0 Å². The minimum absolute atomic E-state index is 0.696. The lowest BCUT2D eigenvalue weighted by atomic mass is 10.1. The van der Waals surface area contributed by atoms with Gasteiger partial charge in [0.05, 0.1) is 5.52 Å². The van der Waals surface area contributed by atoms with E-state index in [1.807, 2.05) is 48.5 Å². The zero-order chi connectivity index (χ0) is 18.5. The Labute approximate surface area is 157 Å². The first-order valence-electron chi connectivity index (χ1n) is 8.69. The van der Waals surface area contributed by atoms with Crippen molar-refractivity contribution in [2.45, 2.75) is 6.42 Å². The molecule has 0 bridgehead atoms. The van der Waals surface area contributed by atoms with E-state index in [0.717, 1.165) is 41.2 Å². The fraction of sp³-hybridized carbons (Fsp3) is 0.0952. The van der Waals surface area contributed by atoms with E-state index < -0.39 is 0 Å². The van der Waals surface area contributed by atoms with Gasteiger partial charge in [-0.1, -0.05) is 12.1 Å². The van der Waals surface area contributed by atoms with Crippen LogP contribution in [0.15, 0.2) is 73.3 Å². The summed E-state index contributed by atoms with van der Waals surface area (Å²) in [4.78, 5) is 12.6. The maximum atomic E-state index is 5.89. The monoisotopic (exact) mass is 357 g/mol.